The fourth-order valence-electron chi connectivity index (χ4n) is 3.42. The minimum atomic E-state index is -3.72. The van der Waals surface area contributed by atoms with Crippen LogP contribution in [0.1, 0.15) is 28.1 Å². The summed E-state index contributed by atoms with van der Waals surface area (Å²) in [4.78, 5) is 18.5. The lowest BCUT2D eigenvalue weighted by atomic mass is 10.1. The summed E-state index contributed by atoms with van der Waals surface area (Å²) in [5.74, 6) is 0.0989. The van der Waals surface area contributed by atoms with E-state index in [-0.39, 0.29) is 22.6 Å². The molecule has 1 aliphatic carbocycles. The second-order valence-corrected chi connectivity index (χ2v) is 10.1. The van der Waals surface area contributed by atoms with E-state index < -0.39 is 10.0 Å². The van der Waals surface area contributed by atoms with E-state index in [1.54, 1.807) is 28.4 Å². The zero-order chi connectivity index (χ0) is 20.4. The second kappa shape index (κ2) is 8.43. The van der Waals surface area contributed by atoms with Crippen molar-refractivity contribution in [1.29, 1.82) is 0 Å². The number of thiophene rings is 1. The first-order valence-corrected chi connectivity index (χ1v) is 12.1. The van der Waals surface area contributed by atoms with E-state index in [2.05, 4.69) is 21.1 Å². The average molecular weight is 436 g/mol. The van der Waals surface area contributed by atoms with Gasteiger partial charge < -0.3 is 9.64 Å². The summed E-state index contributed by atoms with van der Waals surface area (Å²) < 4.78 is 33.3. The Morgan fingerprint density at radius 3 is 2.59 bits per heavy atom. The van der Waals surface area contributed by atoms with Crippen molar-refractivity contribution in [3.05, 3.63) is 46.2 Å². The van der Waals surface area contributed by atoms with Gasteiger partial charge in [0.15, 0.2) is 0 Å². The van der Waals surface area contributed by atoms with Crippen LogP contribution >= 0.6 is 11.3 Å². The third kappa shape index (κ3) is 4.80. The second-order valence-electron chi connectivity index (χ2n) is 7.41. The van der Waals surface area contributed by atoms with Crippen molar-refractivity contribution in [1.82, 2.24) is 14.5 Å². The van der Waals surface area contributed by atoms with Crippen LogP contribution in [0.5, 0.6) is 5.75 Å². The molecule has 1 saturated carbocycles. The van der Waals surface area contributed by atoms with Crippen molar-refractivity contribution in [2.24, 2.45) is 0 Å². The SMILES string of the molecule is COc1ccc(C(=O)N2CCN(Cc3cccs3)CC2)cc1S(=O)(=O)NC1CC1. The summed E-state index contributed by atoms with van der Waals surface area (Å²) in [6.45, 7) is 3.75. The maximum absolute atomic E-state index is 13.0. The van der Waals surface area contributed by atoms with Crippen LogP contribution in [0.2, 0.25) is 0 Å². The van der Waals surface area contributed by atoms with Gasteiger partial charge in [0.1, 0.15) is 10.6 Å². The van der Waals surface area contributed by atoms with Crippen molar-refractivity contribution in [2.45, 2.75) is 30.3 Å². The standard InChI is InChI=1S/C20H25N3O4S2/c1-27-18-7-4-15(13-19(18)29(25,26)21-16-5-6-16)20(24)23-10-8-22(9-11-23)14-17-3-2-12-28-17/h2-4,7,12-13,16,21H,5-6,8-11,14H2,1H3. The molecule has 0 unspecified atom stereocenters. The van der Waals surface area contributed by atoms with E-state index in [0.29, 0.717) is 18.7 Å². The van der Waals surface area contributed by atoms with E-state index in [0.717, 1.165) is 32.5 Å². The number of nitrogens with one attached hydrogen (secondary N) is 1. The van der Waals surface area contributed by atoms with E-state index in [4.69, 9.17) is 4.74 Å². The maximum atomic E-state index is 13.0. The fraction of sp³-hybridized carbons (Fsp3) is 0.450. The van der Waals surface area contributed by atoms with Gasteiger partial charge in [-0.2, -0.15) is 0 Å². The number of carbonyl (C=O) groups is 1. The third-order valence-corrected chi connectivity index (χ3v) is 7.62. The lowest BCUT2D eigenvalue weighted by molar-refractivity contribution is 0.0629. The first kappa shape index (κ1) is 20.3. The molecule has 1 N–H and O–H groups in total. The summed E-state index contributed by atoms with van der Waals surface area (Å²) in [5.41, 5.74) is 0.369. The topological polar surface area (TPSA) is 79.0 Å². The number of methoxy groups -OCH3 is 1. The van der Waals surface area contributed by atoms with Crippen molar-refractivity contribution >= 4 is 27.3 Å². The normalized spacial score (nSPS) is 18.0. The molecule has 1 amide bonds. The molecule has 9 heteroatoms. The number of hydrogen-bond acceptors (Lipinski definition) is 6. The van der Waals surface area contributed by atoms with Crippen molar-refractivity contribution in [2.75, 3.05) is 33.3 Å². The highest BCUT2D eigenvalue weighted by Gasteiger charge is 2.31. The van der Waals surface area contributed by atoms with Gasteiger partial charge in [-0.3, -0.25) is 9.69 Å². The molecular formula is C20H25N3O4S2. The summed E-state index contributed by atoms with van der Waals surface area (Å²) in [7, 11) is -2.29. The number of piperazine rings is 1. The Bertz CT molecular complexity index is 964. The molecule has 0 spiro atoms. The number of amides is 1. The minimum Gasteiger partial charge on any atom is -0.495 e. The van der Waals surface area contributed by atoms with E-state index in [1.165, 1.54) is 18.1 Å². The zero-order valence-corrected chi connectivity index (χ0v) is 18.0. The Balaban J connectivity index is 1.45. The third-order valence-electron chi connectivity index (χ3n) is 5.22. The van der Waals surface area contributed by atoms with Crippen LogP contribution in [-0.2, 0) is 16.6 Å². The Kier molecular flexibility index (Phi) is 5.91. The quantitative estimate of drug-likeness (QED) is 0.721. The molecular weight excluding hydrogens is 410 g/mol. The van der Waals surface area contributed by atoms with E-state index >= 15 is 0 Å². The molecule has 2 fully saturated rings. The molecule has 1 aromatic heterocycles. The maximum Gasteiger partial charge on any atom is 0.253 e. The molecule has 2 aliphatic rings. The number of carbonyl (C=O) groups excluding carboxylic acids is 1. The molecule has 1 aromatic carbocycles. The molecule has 0 bridgehead atoms. The van der Waals surface area contributed by atoms with Crippen LogP contribution in [0.4, 0.5) is 0 Å². The summed E-state index contributed by atoms with van der Waals surface area (Å²) in [6, 6.07) is 8.78. The molecule has 1 aliphatic heterocycles. The monoisotopic (exact) mass is 435 g/mol. The first-order chi connectivity index (χ1) is 14.0. The predicted molar refractivity (Wildman–Crippen MR) is 112 cm³/mol. The van der Waals surface area contributed by atoms with Gasteiger partial charge in [0.2, 0.25) is 10.0 Å². The Morgan fingerprint density at radius 1 is 1.21 bits per heavy atom. The van der Waals surface area contributed by atoms with Crippen LogP contribution in [0.15, 0.2) is 40.6 Å². The fourth-order valence-corrected chi connectivity index (χ4v) is 5.66. The molecule has 2 heterocycles. The lowest BCUT2D eigenvalue weighted by Crippen LogP contribution is -2.48. The van der Waals surface area contributed by atoms with Crippen LogP contribution in [0.25, 0.3) is 0 Å². The lowest BCUT2D eigenvalue weighted by Gasteiger charge is -2.34. The van der Waals surface area contributed by atoms with Crippen LogP contribution in [0.3, 0.4) is 0 Å². The number of benzene rings is 1. The number of ether oxygens (including phenoxy) is 1. The summed E-state index contributed by atoms with van der Waals surface area (Å²) in [6.07, 6.45) is 1.69. The Labute approximate surface area is 175 Å². The smallest absolute Gasteiger partial charge is 0.253 e. The first-order valence-electron chi connectivity index (χ1n) is 9.70. The zero-order valence-electron chi connectivity index (χ0n) is 16.3. The highest BCUT2D eigenvalue weighted by molar-refractivity contribution is 7.89. The van der Waals surface area contributed by atoms with Gasteiger partial charge in [-0.1, -0.05) is 6.07 Å². The highest BCUT2D eigenvalue weighted by atomic mass is 32.2. The van der Waals surface area contributed by atoms with Crippen LogP contribution in [0, 0.1) is 0 Å². The molecule has 1 saturated heterocycles. The van der Waals surface area contributed by atoms with Gasteiger partial charge in [0.25, 0.3) is 5.91 Å². The molecule has 4 rings (SSSR count). The summed E-state index contributed by atoms with van der Waals surface area (Å²) >= 11 is 1.74. The van der Waals surface area contributed by atoms with Gasteiger partial charge >= 0.3 is 0 Å². The van der Waals surface area contributed by atoms with Gasteiger partial charge in [0.05, 0.1) is 7.11 Å². The van der Waals surface area contributed by atoms with Crippen LogP contribution in [-0.4, -0.2) is 63.5 Å². The molecule has 0 radical (unpaired) electrons. The predicted octanol–water partition coefficient (Wildman–Crippen LogP) is 2.16. The summed E-state index contributed by atoms with van der Waals surface area (Å²) in [5, 5.41) is 2.07. The van der Waals surface area contributed by atoms with Gasteiger partial charge in [-0.05, 0) is 42.5 Å². The van der Waals surface area contributed by atoms with Gasteiger partial charge in [-0.25, -0.2) is 13.1 Å². The molecule has 0 atom stereocenters. The van der Waals surface area contributed by atoms with Crippen LogP contribution < -0.4 is 9.46 Å². The largest absolute Gasteiger partial charge is 0.495 e. The van der Waals surface area contributed by atoms with E-state index in [9.17, 15) is 13.2 Å². The molecule has 156 valence electrons. The molecule has 7 nitrogen and oxygen atoms in total. The highest BCUT2D eigenvalue weighted by Crippen LogP contribution is 2.29. The number of rotatable bonds is 7. The van der Waals surface area contributed by atoms with Crippen molar-refractivity contribution < 1.29 is 17.9 Å². The van der Waals surface area contributed by atoms with Gasteiger partial charge in [0, 0.05) is 49.2 Å². The Morgan fingerprint density at radius 2 is 1.97 bits per heavy atom. The number of hydrogen-bond donors (Lipinski definition) is 1. The minimum absolute atomic E-state index is 0.0134. The van der Waals surface area contributed by atoms with Crippen molar-refractivity contribution in [3.8, 4) is 5.75 Å². The van der Waals surface area contributed by atoms with Gasteiger partial charge in [-0.15, -0.1) is 11.3 Å². The van der Waals surface area contributed by atoms with Crippen molar-refractivity contribution in [3.63, 3.8) is 0 Å². The number of nitrogens with zero attached hydrogens (tertiary/aromatic N) is 2. The molecule has 29 heavy (non-hydrogen) atoms. The average Bonchev–Trinajstić information content (AvgIpc) is 3.38. The number of sulfonamides is 1. The van der Waals surface area contributed by atoms with E-state index in [1.807, 2.05) is 6.07 Å². The molecule has 2 aromatic rings. The Hall–Kier alpha value is -1.94.